The summed E-state index contributed by atoms with van der Waals surface area (Å²) in [4.78, 5) is 15.8. The van der Waals surface area contributed by atoms with Crippen LogP contribution in [0.5, 0.6) is 0 Å². The number of hydrogen-bond donors (Lipinski definition) is 1. The first-order valence-electron chi connectivity index (χ1n) is 7.00. The van der Waals surface area contributed by atoms with Crippen molar-refractivity contribution < 1.29 is 13.2 Å². The zero-order valence-corrected chi connectivity index (χ0v) is 13.1. The van der Waals surface area contributed by atoms with Crippen molar-refractivity contribution in [2.45, 2.75) is 39.8 Å². The fourth-order valence-corrected chi connectivity index (χ4v) is 1.79. The lowest BCUT2D eigenvalue weighted by molar-refractivity contribution is -0.137. The molecule has 0 aromatic carbocycles. The molecule has 0 aliphatic rings. The first-order chi connectivity index (χ1) is 10.3. The molecule has 22 heavy (non-hydrogen) atoms. The summed E-state index contributed by atoms with van der Waals surface area (Å²) in [6.45, 7) is 6.20. The van der Waals surface area contributed by atoms with E-state index in [0.29, 0.717) is 25.1 Å². The lowest BCUT2D eigenvalue weighted by atomic mass is 10.1. The SMILES string of the molecule is CCN=C(C)CC(CC)=Nc1nc(NC)ncc1C(F)(F)F. The van der Waals surface area contributed by atoms with Crippen molar-refractivity contribution in [3.63, 3.8) is 0 Å². The number of rotatable bonds is 6. The molecule has 0 saturated carbocycles. The lowest BCUT2D eigenvalue weighted by Crippen LogP contribution is -2.10. The van der Waals surface area contributed by atoms with E-state index < -0.39 is 11.7 Å². The number of anilines is 1. The quantitative estimate of drug-likeness (QED) is 0.810. The Morgan fingerprint density at radius 3 is 2.50 bits per heavy atom. The average molecular weight is 315 g/mol. The summed E-state index contributed by atoms with van der Waals surface area (Å²) in [7, 11) is 1.54. The van der Waals surface area contributed by atoms with Crippen molar-refractivity contribution in [3.8, 4) is 0 Å². The number of aliphatic imine (C=N–C) groups is 2. The van der Waals surface area contributed by atoms with Crippen LogP contribution in [0.25, 0.3) is 0 Å². The van der Waals surface area contributed by atoms with E-state index in [1.165, 1.54) is 7.05 Å². The van der Waals surface area contributed by atoms with Crippen LogP contribution < -0.4 is 5.32 Å². The molecular weight excluding hydrogens is 295 g/mol. The first-order valence-corrected chi connectivity index (χ1v) is 7.00. The van der Waals surface area contributed by atoms with Gasteiger partial charge in [-0.25, -0.2) is 9.98 Å². The number of nitrogens with zero attached hydrogens (tertiary/aromatic N) is 4. The van der Waals surface area contributed by atoms with Crippen molar-refractivity contribution in [1.82, 2.24) is 9.97 Å². The number of aromatic nitrogens is 2. The molecule has 1 heterocycles. The largest absolute Gasteiger partial charge is 0.421 e. The molecule has 1 N–H and O–H groups in total. The van der Waals surface area contributed by atoms with Crippen molar-refractivity contribution in [3.05, 3.63) is 11.8 Å². The molecule has 1 aromatic heterocycles. The normalized spacial score (nSPS) is 13.4. The Labute approximate surface area is 127 Å². The topological polar surface area (TPSA) is 62.5 Å². The number of halogens is 3. The van der Waals surface area contributed by atoms with E-state index >= 15 is 0 Å². The molecule has 0 atom stereocenters. The summed E-state index contributed by atoms with van der Waals surface area (Å²) in [6, 6.07) is 0. The molecule has 0 unspecified atom stereocenters. The molecule has 0 fully saturated rings. The van der Waals surface area contributed by atoms with Crippen molar-refractivity contribution >= 4 is 23.2 Å². The van der Waals surface area contributed by atoms with Crippen LogP contribution in [0, 0.1) is 0 Å². The van der Waals surface area contributed by atoms with Crippen molar-refractivity contribution in [1.29, 1.82) is 0 Å². The Kier molecular flexibility index (Phi) is 6.45. The summed E-state index contributed by atoms with van der Waals surface area (Å²) < 4.78 is 39.1. The van der Waals surface area contributed by atoms with Crippen molar-refractivity contribution in [2.24, 2.45) is 9.98 Å². The number of nitrogens with one attached hydrogen (secondary N) is 1. The molecule has 0 spiro atoms. The standard InChI is InChI=1S/C14H20F3N5/c1-5-10(7-9(3)19-6-2)21-12-11(14(15,16)17)8-20-13(18-4)22-12/h8H,5-7H2,1-4H3,(H,18,20,22). The van der Waals surface area contributed by atoms with Crippen LogP contribution in [0.2, 0.25) is 0 Å². The van der Waals surface area contributed by atoms with Crippen LogP contribution in [-0.2, 0) is 6.18 Å². The van der Waals surface area contributed by atoms with Crippen LogP contribution in [0.4, 0.5) is 24.9 Å². The van der Waals surface area contributed by atoms with Gasteiger partial charge in [-0.05, 0) is 20.3 Å². The highest BCUT2D eigenvalue weighted by molar-refractivity contribution is 6.04. The third kappa shape index (κ3) is 5.09. The van der Waals surface area contributed by atoms with Crippen LogP contribution >= 0.6 is 0 Å². The van der Waals surface area contributed by atoms with Gasteiger partial charge in [0.1, 0.15) is 5.56 Å². The molecule has 1 rings (SSSR count). The zero-order chi connectivity index (χ0) is 16.8. The summed E-state index contributed by atoms with van der Waals surface area (Å²) in [5, 5.41) is 2.62. The zero-order valence-electron chi connectivity index (χ0n) is 13.1. The Morgan fingerprint density at radius 1 is 1.32 bits per heavy atom. The third-order valence-corrected chi connectivity index (χ3v) is 2.86. The molecule has 1 aromatic rings. The maximum absolute atomic E-state index is 13.0. The van der Waals surface area contributed by atoms with Gasteiger partial charge in [-0.1, -0.05) is 6.92 Å². The van der Waals surface area contributed by atoms with E-state index in [9.17, 15) is 13.2 Å². The molecule has 122 valence electrons. The van der Waals surface area contributed by atoms with Gasteiger partial charge in [0.15, 0.2) is 5.82 Å². The number of hydrogen-bond acceptors (Lipinski definition) is 5. The monoisotopic (exact) mass is 315 g/mol. The van der Waals surface area contributed by atoms with Gasteiger partial charge in [0.2, 0.25) is 5.95 Å². The fourth-order valence-electron chi connectivity index (χ4n) is 1.79. The van der Waals surface area contributed by atoms with Gasteiger partial charge in [0.25, 0.3) is 0 Å². The van der Waals surface area contributed by atoms with Gasteiger partial charge in [-0.15, -0.1) is 0 Å². The molecule has 8 heteroatoms. The molecule has 0 bridgehead atoms. The Balaban J connectivity index is 3.26. The predicted molar refractivity (Wildman–Crippen MR) is 82.2 cm³/mol. The number of alkyl halides is 3. The summed E-state index contributed by atoms with van der Waals surface area (Å²) in [6.07, 6.45) is -2.85. The predicted octanol–water partition coefficient (Wildman–Crippen LogP) is 3.89. The van der Waals surface area contributed by atoms with E-state index in [2.05, 4.69) is 25.3 Å². The summed E-state index contributed by atoms with van der Waals surface area (Å²) >= 11 is 0. The Hall–Kier alpha value is -1.99. The average Bonchev–Trinajstić information content (AvgIpc) is 2.45. The second-order valence-corrected chi connectivity index (χ2v) is 4.60. The molecule has 0 radical (unpaired) electrons. The minimum absolute atomic E-state index is 0.0983. The van der Waals surface area contributed by atoms with Gasteiger partial charge < -0.3 is 5.32 Å². The lowest BCUT2D eigenvalue weighted by Gasteiger charge is -2.11. The van der Waals surface area contributed by atoms with E-state index in [4.69, 9.17) is 0 Å². The summed E-state index contributed by atoms with van der Waals surface area (Å²) in [5.41, 5.74) is 0.489. The van der Waals surface area contributed by atoms with Gasteiger partial charge >= 0.3 is 6.18 Å². The highest BCUT2D eigenvalue weighted by atomic mass is 19.4. The maximum Gasteiger partial charge on any atom is 0.421 e. The molecule has 5 nitrogen and oxygen atoms in total. The van der Waals surface area contributed by atoms with Gasteiger partial charge in [0.05, 0.1) is 0 Å². The minimum Gasteiger partial charge on any atom is -0.357 e. The minimum atomic E-state index is -4.55. The van der Waals surface area contributed by atoms with Gasteiger partial charge in [-0.3, -0.25) is 4.99 Å². The highest BCUT2D eigenvalue weighted by Crippen LogP contribution is 2.35. The van der Waals surface area contributed by atoms with Gasteiger partial charge in [-0.2, -0.15) is 18.2 Å². The Bertz CT molecular complexity index is 564. The fraction of sp³-hybridized carbons (Fsp3) is 0.571. The molecule has 0 saturated heterocycles. The van der Waals surface area contributed by atoms with E-state index in [1.807, 2.05) is 20.8 Å². The third-order valence-electron chi connectivity index (χ3n) is 2.86. The summed E-state index contributed by atoms with van der Waals surface area (Å²) in [5.74, 6) is -0.269. The van der Waals surface area contributed by atoms with E-state index in [1.54, 1.807) is 0 Å². The second-order valence-electron chi connectivity index (χ2n) is 4.60. The maximum atomic E-state index is 13.0. The van der Waals surface area contributed by atoms with Gasteiger partial charge in [0, 0.05) is 37.6 Å². The van der Waals surface area contributed by atoms with E-state index in [-0.39, 0.29) is 11.8 Å². The second kappa shape index (κ2) is 7.86. The van der Waals surface area contributed by atoms with Crippen LogP contribution in [-0.4, -0.2) is 35.0 Å². The highest BCUT2D eigenvalue weighted by Gasteiger charge is 2.35. The van der Waals surface area contributed by atoms with Crippen LogP contribution in [0.3, 0.4) is 0 Å². The molecule has 0 aliphatic carbocycles. The Morgan fingerprint density at radius 2 is 2.00 bits per heavy atom. The molecular formula is C14H20F3N5. The first kappa shape index (κ1) is 18.1. The van der Waals surface area contributed by atoms with Crippen molar-refractivity contribution in [2.75, 3.05) is 18.9 Å². The molecule has 0 aliphatic heterocycles. The van der Waals surface area contributed by atoms with Crippen LogP contribution in [0.1, 0.15) is 39.2 Å². The van der Waals surface area contributed by atoms with E-state index in [0.717, 1.165) is 11.9 Å². The smallest absolute Gasteiger partial charge is 0.357 e. The van der Waals surface area contributed by atoms with Crippen LogP contribution in [0.15, 0.2) is 16.2 Å². The molecule has 0 amide bonds.